The lowest BCUT2D eigenvalue weighted by Gasteiger charge is -2.39. The Kier molecular flexibility index (Phi) is 8.14. The summed E-state index contributed by atoms with van der Waals surface area (Å²) >= 11 is 6.10. The molecule has 3 heterocycles. The van der Waals surface area contributed by atoms with Gasteiger partial charge in [-0.1, -0.05) is 41.9 Å². The predicted molar refractivity (Wildman–Crippen MR) is 159 cm³/mol. The van der Waals surface area contributed by atoms with E-state index in [0.717, 1.165) is 47.9 Å². The number of carbonyl (C=O) groups excluding carboxylic acids is 1. The molecule has 3 aromatic carbocycles. The van der Waals surface area contributed by atoms with Crippen LogP contribution in [-0.2, 0) is 24.1 Å². The maximum absolute atomic E-state index is 13.6. The summed E-state index contributed by atoms with van der Waals surface area (Å²) in [5.41, 5.74) is 3.06. The summed E-state index contributed by atoms with van der Waals surface area (Å²) in [5.74, 6) is 1.000. The number of nitrogens with zero attached hydrogens (tertiary/aromatic N) is 5. The van der Waals surface area contributed by atoms with Crippen LogP contribution in [0, 0.1) is 5.92 Å². The van der Waals surface area contributed by atoms with E-state index in [0.29, 0.717) is 56.5 Å². The normalized spacial score (nSPS) is 18.5. The van der Waals surface area contributed by atoms with Gasteiger partial charge in [0, 0.05) is 50.0 Å². The second kappa shape index (κ2) is 12.0. The monoisotopic (exact) mass is 595 g/mol. The topological polar surface area (TPSA) is 44.6 Å². The molecule has 1 atom stereocenters. The molecule has 0 aliphatic carbocycles. The number of rotatable bonds is 6. The van der Waals surface area contributed by atoms with Gasteiger partial charge in [-0.15, -0.1) is 0 Å². The van der Waals surface area contributed by atoms with E-state index < -0.39 is 11.7 Å². The first-order chi connectivity index (χ1) is 20.2. The number of fused-ring (bicyclic) bond motifs is 1. The van der Waals surface area contributed by atoms with Crippen molar-refractivity contribution in [1.29, 1.82) is 0 Å². The van der Waals surface area contributed by atoms with Crippen molar-refractivity contribution in [2.45, 2.75) is 32.1 Å². The van der Waals surface area contributed by atoms with Crippen molar-refractivity contribution >= 4 is 34.2 Å². The van der Waals surface area contributed by atoms with E-state index in [1.54, 1.807) is 6.07 Å². The van der Waals surface area contributed by atoms with Crippen LogP contribution >= 0.6 is 11.6 Å². The second-order valence-corrected chi connectivity index (χ2v) is 11.6. The van der Waals surface area contributed by atoms with Gasteiger partial charge in [-0.25, -0.2) is 4.98 Å². The zero-order valence-electron chi connectivity index (χ0n) is 23.2. The van der Waals surface area contributed by atoms with Gasteiger partial charge in [0.25, 0.3) is 0 Å². The summed E-state index contributed by atoms with van der Waals surface area (Å²) in [6, 6.07) is 21.4. The van der Waals surface area contributed by atoms with Crippen LogP contribution in [0.5, 0.6) is 0 Å². The van der Waals surface area contributed by atoms with Crippen molar-refractivity contribution in [2.75, 3.05) is 44.2 Å². The number of piperazine rings is 1. The molecule has 0 unspecified atom stereocenters. The number of halogens is 4. The summed E-state index contributed by atoms with van der Waals surface area (Å²) < 4.78 is 41.8. The minimum absolute atomic E-state index is 0.104. The molecule has 10 heteroatoms. The number of likely N-dealkylation sites (tertiary alicyclic amines) is 1. The Morgan fingerprint density at radius 1 is 0.905 bits per heavy atom. The molecule has 1 amide bonds. The summed E-state index contributed by atoms with van der Waals surface area (Å²) in [4.78, 5) is 24.7. The average molecular weight is 596 g/mol. The van der Waals surface area contributed by atoms with E-state index in [1.165, 1.54) is 12.1 Å². The number of para-hydroxylation sites is 2. The van der Waals surface area contributed by atoms with Gasteiger partial charge in [0.15, 0.2) is 0 Å². The molecule has 2 saturated heterocycles. The van der Waals surface area contributed by atoms with Crippen LogP contribution in [-0.4, -0.2) is 64.5 Å². The van der Waals surface area contributed by atoms with Gasteiger partial charge in [0.05, 0.1) is 29.1 Å². The molecule has 4 aromatic rings. The lowest BCUT2D eigenvalue weighted by atomic mass is 9.96. The molecule has 1 aromatic heterocycles. The predicted octanol–water partition coefficient (Wildman–Crippen LogP) is 6.32. The first-order valence-electron chi connectivity index (χ1n) is 14.4. The van der Waals surface area contributed by atoms with Crippen molar-refractivity contribution in [3.8, 4) is 0 Å². The fourth-order valence-electron chi connectivity index (χ4n) is 6.12. The second-order valence-electron chi connectivity index (χ2n) is 11.2. The summed E-state index contributed by atoms with van der Waals surface area (Å²) in [6.45, 7) is 4.92. The number of benzene rings is 3. The number of hydrogen-bond donors (Lipinski definition) is 0. The Hall–Kier alpha value is -3.56. The smallest absolute Gasteiger partial charge is 0.368 e. The zero-order valence-corrected chi connectivity index (χ0v) is 24.0. The van der Waals surface area contributed by atoms with Crippen molar-refractivity contribution in [3.05, 3.63) is 94.8 Å². The van der Waals surface area contributed by atoms with Gasteiger partial charge in [0.1, 0.15) is 5.82 Å². The minimum atomic E-state index is -4.37. The number of imidazole rings is 1. The molecule has 0 N–H and O–H groups in total. The van der Waals surface area contributed by atoms with Gasteiger partial charge in [-0.3, -0.25) is 9.69 Å². The van der Waals surface area contributed by atoms with Gasteiger partial charge in [-0.2, -0.15) is 13.2 Å². The summed E-state index contributed by atoms with van der Waals surface area (Å²) in [6.07, 6.45) is -2.61. The molecule has 2 aliphatic rings. The van der Waals surface area contributed by atoms with E-state index in [-0.39, 0.29) is 11.8 Å². The van der Waals surface area contributed by atoms with Crippen molar-refractivity contribution in [1.82, 2.24) is 19.4 Å². The number of amides is 1. The summed E-state index contributed by atoms with van der Waals surface area (Å²) in [5, 5.41) is 0.704. The molecule has 0 spiro atoms. The quantitative estimate of drug-likeness (QED) is 0.262. The lowest BCUT2D eigenvalue weighted by Crippen LogP contribution is -2.52. The zero-order chi connectivity index (χ0) is 29.3. The molecule has 0 bridgehead atoms. The molecule has 220 valence electrons. The van der Waals surface area contributed by atoms with E-state index >= 15 is 0 Å². The average Bonchev–Trinajstić information content (AvgIpc) is 3.34. The van der Waals surface area contributed by atoms with E-state index in [2.05, 4.69) is 15.5 Å². The highest BCUT2D eigenvalue weighted by molar-refractivity contribution is 6.30. The lowest BCUT2D eigenvalue weighted by molar-refractivity contribution is -0.138. The van der Waals surface area contributed by atoms with E-state index in [1.807, 2.05) is 52.3 Å². The fourth-order valence-corrected chi connectivity index (χ4v) is 6.24. The Balaban J connectivity index is 1.10. The summed E-state index contributed by atoms with van der Waals surface area (Å²) in [7, 11) is 0. The Bertz CT molecular complexity index is 1550. The van der Waals surface area contributed by atoms with Crippen molar-refractivity contribution in [2.24, 2.45) is 5.92 Å². The molecule has 6 nitrogen and oxygen atoms in total. The number of piperidine rings is 1. The molecule has 2 fully saturated rings. The van der Waals surface area contributed by atoms with E-state index in [9.17, 15) is 18.0 Å². The van der Waals surface area contributed by atoms with Crippen LogP contribution in [0.15, 0.2) is 72.8 Å². The third-order valence-electron chi connectivity index (χ3n) is 8.34. The van der Waals surface area contributed by atoms with Crippen LogP contribution < -0.4 is 4.90 Å². The van der Waals surface area contributed by atoms with E-state index in [4.69, 9.17) is 16.6 Å². The van der Waals surface area contributed by atoms with Crippen LogP contribution in [0.4, 0.5) is 18.9 Å². The molecule has 2 aliphatic heterocycles. The van der Waals surface area contributed by atoms with Crippen LogP contribution in [0.25, 0.3) is 11.0 Å². The number of carbonyl (C=O) groups is 1. The molecule has 0 radical (unpaired) electrons. The minimum Gasteiger partial charge on any atom is -0.368 e. The fraction of sp³-hybridized carbons (Fsp3) is 0.375. The largest absolute Gasteiger partial charge is 0.416 e. The van der Waals surface area contributed by atoms with Crippen LogP contribution in [0.2, 0.25) is 5.02 Å². The maximum Gasteiger partial charge on any atom is 0.416 e. The highest BCUT2D eigenvalue weighted by Crippen LogP contribution is 2.32. The maximum atomic E-state index is 13.6. The highest BCUT2D eigenvalue weighted by Gasteiger charge is 2.33. The Morgan fingerprint density at radius 3 is 2.43 bits per heavy atom. The first kappa shape index (κ1) is 28.6. The SMILES string of the molecule is O=C([C@H]1CCCN(Cc2nc3ccccc3n2Cc2ccc(Cl)cc2)C1)N1CCN(c2cccc(C(F)(F)F)c2)CC1. The Morgan fingerprint density at radius 2 is 1.67 bits per heavy atom. The Labute approximate surface area is 248 Å². The third kappa shape index (κ3) is 6.27. The van der Waals surface area contributed by atoms with Crippen molar-refractivity contribution < 1.29 is 18.0 Å². The van der Waals surface area contributed by atoms with Gasteiger partial charge >= 0.3 is 6.18 Å². The highest BCUT2D eigenvalue weighted by atomic mass is 35.5. The number of hydrogen-bond acceptors (Lipinski definition) is 4. The molecular formula is C32H33ClF3N5O. The van der Waals surface area contributed by atoms with Gasteiger partial charge in [0.2, 0.25) is 5.91 Å². The van der Waals surface area contributed by atoms with Crippen LogP contribution in [0.3, 0.4) is 0 Å². The number of aromatic nitrogens is 2. The molecule has 0 saturated carbocycles. The number of alkyl halides is 3. The van der Waals surface area contributed by atoms with Gasteiger partial charge in [-0.05, 0) is 67.4 Å². The van der Waals surface area contributed by atoms with Crippen LogP contribution in [0.1, 0.15) is 29.8 Å². The molecule has 42 heavy (non-hydrogen) atoms. The standard InChI is InChI=1S/C32H33ClF3N5O/c33-26-12-10-23(11-13-26)20-41-29-9-2-1-8-28(29)37-30(41)22-38-14-4-5-24(21-38)31(42)40-17-15-39(16-18-40)27-7-3-6-25(19-27)32(34,35)36/h1-3,6-13,19,24H,4-5,14-18,20-22H2/t24-/m0/s1. The molecular weight excluding hydrogens is 563 g/mol. The number of anilines is 1. The third-order valence-corrected chi connectivity index (χ3v) is 8.59. The van der Waals surface area contributed by atoms with Crippen molar-refractivity contribution in [3.63, 3.8) is 0 Å². The molecule has 6 rings (SSSR count). The van der Waals surface area contributed by atoms with Gasteiger partial charge < -0.3 is 14.4 Å². The first-order valence-corrected chi connectivity index (χ1v) is 14.7.